The number of hydrogen-bond donors (Lipinski definition) is 4. The van der Waals surface area contributed by atoms with Crippen molar-refractivity contribution in [2.45, 2.75) is 64.3 Å². The molecule has 6 heteroatoms. The first kappa shape index (κ1) is 18.7. The van der Waals surface area contributed by atoms with Crippen LogP contribution in [0.15, 0.2) is 0 Å². The molecule has 20 heavy (non-hydrogen) atoms. The summed E-state index contributed by atoms with van der Waals surface area (Å²) in [5.41, 5.74) is 0. The number of amides is 2. The molecule has 0 aliphatic heterocycles. The van der Waals surface area contributed by atoms with E-state index in [9.17, 15) is 9.59 Å². The molecule has 0 aromatic carbocycles. The van der Waals surface area contributed by atoms with Gasteiger partial charge in [0.25, 0.3) is 0 Å². The smallest absolute Gasteiger partial charge is 0.328 e. The monoisotopic (exact) mass is 288 g/mol. The molecule has 0 fully saturated rings. The van der Waals surface area contributed by atoms with Crippen LogP contribution in [0.2, 0.25) is 0 Å². The summed E-state index contributed by atoms with van der Waals surface area (Å²) in [5.74, 6) is -1.24. The highest BCUT2D eigenvalue weighted by molar-refractivity contribution is 5.82. The summed E-state index contributed by atoms with van der Waals surface area (Å²) in [6.07, 6.45) is 9.49. The Morgan fingerprint density at radius 2 is 1.55 bits per heavy atom. The molecule has 0 saturated carbocycles. The molecule has 118 valence electrons. The van der Waals surface area contributed by atoms with Crippen LogP contribution in [0.4, 0.5) is 4.79 Å². The van der Waals surface area contributed by atoms with Gasteiger partial charge in [-0.15, -0.1) is 0 Å². The maximum Gasteiger partial charge on any atom is 0.328 e. The maximum atomic E-state index is 11.3. The average molecular weight is 288 g/mol. The third-order valence-electron chi connectivity index (χ3n) is 3.10. The number of carboxylic acids is 1. The molecule has 1 atom stereocenters. The normalized spacial score (nSPS) is 11.9. The third kappa shape index (κ3) is 10.6. The van der Waals surface area contributed by atoms with Crippen LogP contribution in [0.25, 0.3) is 0 Å². The second kappa shape index (κ2) is 12.7. The van der Waals surface area contributed by atoms with E-state index >= 15 is 0 Å². The zero-order valence-corrected chi connectivity index (χ0v) is 12.4. The van der Waals surface area contributed by atoms with E-state index in [1.54, 1.807) is 0 Å². The summed E-state index contributed by atoms with van der Waals surface area (Å²) in [6.45, 7) is 2.11. The van der Waals surface area contributed by atoms with Gasteiger partial charge in [-0.2, -0.15) is 0 Å². The van der Waals surface area contributed by atoms with Gasteiger partial charge in [-0.1, -0.05) is 51.9 Å². The average Bonchev–Trinajstić information content (AvgIpc) is 2.42. The Morgan fingerprint density at radius 3 is 2.05 bits per heavy atom. The fourth-order valence-corrected chi connectivity index (χ4v) is 1.86. The molecule has 0 heterocycles. The lowest BCUT2D eigenvalue weighted by molar-refractivity contribution is -0.140. The molecule has 0 aliphatic carbocycles. The molecule has 0 saturated heterocycles. The highest BCUT2D eigenvalue weighted by atomic mass is 16.4. The van der Waals surface area contributed by atoms with Crippen LogP contribution in [0.3, 0.4) is 0 Å². The van der Waals surface area contributed by atoms with Gasteiger partial charge < -0.3 is 20.8 Å². The van der Waals surface area contributed by atoms with Gasteiger partial charge in [-0.3, -0.25) is 0 Å². The maximum absolute atomic E-state index is 11.3. The van der Waals surface area contributed by atoms with E-state index in [1.165, 1.54) is 38.5 Å². The zero-order valence-electron chi connectivity index (χ0n) is 12.4. The highest BCUT2D eigenvalue weighted by Crippen LogP contribution is 2.07. The number of carboxylic acid groups (broad SMARTS) is 1. The molecule has 0 aromatic heterocycles. The number of rotatable bonds is 12. The van der Waals surface area contributed by atoms with Crippen molar-refractivity contribution in [1.29, 1.82) is 0 Å². The number of carbonyl (C=O) groups is 2. The highest BCUT2D eigenvalue weighted by Gasteiger charge is 2.17. The number of urea groups is 1. The van der Waals surface area contributed by atoms with Gasteiger partial charge >= 0.3 is 12.0 Å². The van der Waals surface area contributed by atoms with Crippen molar-refractivity contribution in [2.75, 3.05) is 13.2 Å². The van der Waals surface area contributed by atoms with E-state index in [1.807, 2.05) is 0 Å². The predicted octanol–water partition coefficient (Wildman–Crippen LogP) is 1.87. The zero-order chi connectivity index (χ0) is 15.2. The molecule has 0 aliphatic rings. The molecular formula is C14H28N2O4. The molecule has 0 spiro atoms. The Balaban J connectivity index is 3.41. The molecule has 0 aromatic rings. The Morgan fingerprint density at radius 1 is 1.00 bits per heavy atom. The number of carbonyl (C=O) groups excluding carboxylic acids is 1. The van der Waals surface area contributed by atoms with Gasteiger partial charge in [0.15, 0.2) is 6.04 Å². The lowest BCUT2D eigenvalue weighted by Crippen LogP contribution is -2.48. The Bertz CT molecular complexity index is 272. The standard InChI is InChI=1S/C14H28N2O4/c1-2-3-4-5-6-7-8-9-10-15-14(20)16-12(11-17)13(18)19/h12,17H,2-11H2,1H3,(H,18,19)(H2,15,16,20)/t12-/m0/s1. The number of unbranched alkanes of at least 4 members (excludes halogenated alkanes) is 7. The summed E-state index contributed by atoms with van der Waals surface area (Å²) in [6, 6.07) is -1.79. The quantitative estimate of drug-likeness (QED) is 0.412. The number of nitrogens with one attached hydrogen (secondary N) is 2. The fourth-order valence-electron chi connectivity index (χ4n) is 1.86. The largest absolute Gasteiger partial charge is 0.480 e. The summed E-state index contributed by atoms with van der Waals surface area (Å²) in [5, 5.41) is 22.2. The first-order valence-electron chi connectivity index (χ1n) is 7.49. The van der Waals surface area contributed by atoms with Crippen LogP contribution >= 0.6 is 0 Å². The first-order chi connectivity index (χ1) is 9.61. The number of aliphatic carboxylic acids is 1. The summed E-state index contributed by atoms with van der Waals surface area (Å²) in [4.78, 5) is 21.9. The number of aliphatic hydroxyl groups excluding tert-OH is 1. The van der Waals surface area contributed by atoms with Crippen LogP contribution in [0.5, 0.6) is 0 Å². The van der Waals surface area contributed by atoms with Crippen molar-refractivity contribution in [3.05, 3.63) is 0 Å². The van der Waals surface area contributed by atoms with E-state index in [0.717, 1.165) is 12.8 Å². The van der Waals surface area contributed by atoms with Crippen molar-refractivity contribution >= 4 is 12.0 Å². The Labute approximate surface area is 120 Å². The molecular weight excluding hydrogens is 260 g/mol. The van der Waals surface area contributed by atoms with Gasteiger partial charge in [0, 0.05) is 6.54 Å². The fraction of sp³-hybridized carbons (Fsp3) is 0.857. The Hall–Kier alpha value is -1.30. The van der Waals surface area contributed by atoms with E-state index in [2.05, 4.69) is 17.6 Å². The van der Waals surface area contributed by atoms with Crippen molar-refractivity contribution < 1.29 is 19.8 Å². The minimum absolute atomic E-state index is 0.526. The molecule has 4 N–H and O–H groups in total. The van der Waals surface area contributed by atoms with Crippen LogP contribution in [-0.2, 0) is 4.79 Å². The molecule has 0 bridgehead atoms. The van der Waals surface area contributed by atoms with Gasteiger partial charge in [0.05, 0.1) is 6.61 Å². The van der Waals surface area contributed by atoms with E-state index < -0.39 is 24.6 Å². The van der Waals surface area contributed by atoms with Gasteiger partial charge in [-0.05, 0) is 6.42 Å². The lowest BCUT2D eigenvalue weighted by atomic mass is 10.1. The van der Waals surface area contributed by atoms with Gasteiger partial charge in [0.2, 0.25) is 0 Å². The number of aliphatic hydroxyl groups is 1. The van der Waals surface area contributed by atoms with Crippen molar-refractivity contribution in [1.82, 2.24) is 10.6 Å². The van der Waals surface area contributed by atoms with Gasteiger partial charge in [-0.25, -0.2) is 9.59 Å². The molecule has 0 rings (SSSR count). The van der Waals surface area contributed by atoms with Crippen molar-refractivity contribution in [3.63, 3.8) is 0 Å². The van der Waals surface area contributed by atoms with Crippen molar-refractivity contribution in [2.24, 2.45) is 0 Å². The second-order valence-corrected chi connectivity index (χ2v) is 4.95. The van der Waals surface area contributed by atoms with E-state index in [0.29, 0.717) is 6.54 Å². The van der Waals surface area contributed by atoms with Crippen LogP contribution < -0.4 is 10.6 Å². The Kier molecular flexibility index (Phi) is 11.9. The molecule has 6 nitrogen and oxygen atoms in total. The predicted molar refractivity (Wildman–Crippen MR) is 77.7 cm³/mol. The minimum atomic E-state index is -1.24. The minimum Gasteiger partial charge on any atom is -0.480 e. The second-order valence-electron chi connectivity index (χ2n) is 4.95. The van der Waals surface area contributed by atoms with Crippen LogP contribution in [0.1, 0.15) is 58.3 Å². The third-order valence-corrected chi connectivity index (χ3v) is 3.10. The van der Waals surface area contributed by atoms with Crippen molar-refractivity contribution in [3.8, 4) is 0 Å². The van der Waals surface area contributed by atoms with Gasteiger partial charge in [0.1, 0.15) is 0 Å². The summed E-state index contributed by atoms with van der Waals surface area (Å²) >= 11 is 0. The molecule has 0 unspecified atom stereocenters. The first-order valence-corrected chi connectivity index (χ1v) is 7.49. The lowest BCUT2D eigenvalue weighted by Gasteiger charge is -2.12. The van der Waals surface area contributed by atoms with E-state index in [4.69, 9.17) is 10.2 Å². The summed E-state index contributed by atoms with van der Waals surface area (Å²) in [7, 11) is 0. The van der Waals surface area contributed by atoms with Crippen LogP contribution in [0, 0.1) is 0 Å². The SMILES string of the molecule is CCCCCCCCCCNC(=O)N[C@@H](CO)C(=O)O. The number of hydrogen-bond acceptors (Lipinski definition) is 3. The summed E-state index contributed by atoms with van der Waals surface area (Å²) < 4.78 is 0. The van der Waals surface area contributed by atoms with E-state index in [-0.39, 0.29) is 0 Å². The molecule has 0 radical (unpaired) electrons. The topological polar surface area (TPSA) is 98.7 Å². The van der Waals surface area contributed by atoms with Crippen LogP contribution in [-0.4, -0.2) is 41.4 Å². The molecule has 2 amide bonds.